The Kier molecular flexibility index (Phi) is 3.83. The summed E-state index contributed by atoms with van der Waals surface area (Å²) in [5, 5.41) is 2.49. The predicted octanol–water partition coefficient (Wildman–Crippen LogP) is 1.08. The maximum Gasteiger partial charge on any atom is 0.212 e. The van der Waals surface area contributed by atoms with Gasteiger partial charge in [0, 0.05) is 13.0 Å². The molecular formula is C11H18N2O3S. The lowest BCUT2D eigenvalue weighted by Gasteiger charge is -2.18. The fourth-order valence-electron chi connectivity index (χ4n) is 2.07. The molecule has 6 heteroatoms. The zero-order valence-corrected chi connectivity index (χ0v) is 10.8. The van der Waals surface area contributed by atoms with Gasteiger partial charge in [0.2, 0.25) is 5.89 Å². The molecule has 1 aliphatic heterocycles. The maximum absolute atomic E-state index is 11.9. The third kappa shape index (κ3) is 2.87. The zero-order valence-electron chi connectivity index (χ0n) is 9.98. The molecule has 0 bridgehead atoms. The van der Waals surface area contributed by atoms with E-state index in [4.69, 9.17) is 4.42 Å². The van der Waals surface area contributed by atoms with Crippen LogP contribution in [0.1, 0.15) is 36.1 Å². The SMILES string of the molecule is CNCCc1coc(C2CCCCS2(=O)=O)n1. The quantitative estimate of drug-likeness (QED) is 0.874. The van der Waals surface area contributed by atoms with Crippen molar-refractivity contribution < 1.29 is 12.8 Å². The average molecular weight is 258 g/mol. The van der Waals surface area contributed by atoms with E-state index in [2.05, 4.69) is 10.3 Å². The minimum Gasteiger partial charge on any atom is -0.447 e. The Hall–Kier alpha value is -0.880. The van der Waals surface area contributed by atoms with Gasteiger partial charge in [0.1, 0.15) is 11.5 Å². The molecule has 2 heterocycles. The molecule has 0 aliphatic carbocycles. The molecular weight excluding hydrogens is 240 g/mol. The van der Waals surface area contributed by atoms with Crippen molar-refractivity contribution >= 4 is 9.84 Å². The number of aromatic nitrogens is 1. The van der Waals surface area contributed by atoms with Crippen LogP contribution in [-0.4, -0.2) is 32.7 Å². The van der Waals surface area contributed by atoms with Crippen LogP contribution in [0.15, 0.2) is 10.7 Å². The molecule has 1 saturated heterocycles. The first kappa shape index (κ1) is 12.6. The summed E-state index contributed by atoms with van der Waals surface area (Å²) in [5.74, 6) is 0.627. The molecule has 0 saturated carbocycles. The van der Waals surface area contributed by atoms with Crippen molar-refractivity contribution in [2.45, 2.75) is 30.9 Å². The van der Waals surface area contributed by atoms with Crippen LogP contribution < -0.4 is 5.32 Å². The number of hydrogen-bond donors (Lipinski definition) is 1. The van der Waals surface area contributed by atoms with E-state index in [-0.39, 0.29) is 5.75 Å². The fraction of sp³-hybridized carbons (Fsp3) is 0.727. The summed E-state index contributed by atoms with van der Waals surface area (Å²) in [6.45, 7) is 0.809. The van der Waals surface area contributed by atoms with Gasteiger partial charge in [-0.1, -0.05) is 6.42 Å². The minimum absolute atomic E-state index is 0.256. The minimum atomic E-state index is -3.06. The van der Waals surface area contributed by atoms with Crippen molar-refractivity contribution in [3.63, 3.8) is 0 Å². The standard InChI is InChI=1S/C11H18N2O3S/c1-12-6-5-9-8-16-11(13-9)10-4-2-3-7-17(10,14)15/h8,10,12H,2-7H2,1H3. The summed E-state index contributed by atoms with van der Waals surface area (Å²) in [6, 6.07) is 0. The van der Waals surface area contributed by atoms with Crippen molar-refractivity contribution in [1.82, 2.24) is 10.3 Å². The second-order valence-corrected chi connectivity index (χ2v) is 6.69. The first-order valence-electron chi connectivity index (χ1n) is 5.94. The van der Waals surface area contributed by atoms with Gasteiger partial charge < -0.3 is 9.73 Å². The van der Waals surface area contributed by atoms with Crippen LogP contribution in [0.5, 0.6) is 0 Å². The lowest BCUT2D eigenvalue weighted by Crippen LogP contribution is -2.22. The van der Waals surface area contributed by atoms with Crippen LogP contribution >= 0.6 is 0 Å². The van der Waals surface area contributed by atoms with Crippen LogP contribution in [0.2, 0.25) is 0 Å². The van der Waals surface area contributed by atoms with E-state index in [1.165, 1.54) is 0 Å². The molecule has 0 amide bonds. The number of hydrogen-bond acceptors (Lipinski definition) is 5. The molecule has 1 N–H and O–H groups in total. The molecule has 1 aliphatic rings. The summed E-state index contributed by atoms with van der Waals surface area (Å²) in [6.07, 6.45) is 4.64. The van der Waals surface area contributed by atoms with Crippen molar-refractivity contribution in [1.29, 1.82) is 0 Å². The molecule has 96 valence electrons. The van der Waals surface area contributed by atoms with E-state index in [1.54, 1.807) is 6.26 Å². The number of sulfone groups is 1. The Labute approximate surface area is 102 Å². The molecule has 17 heavy (non-hydrogen) atoms. The Balaban J connectivity index is 2.13. The van der Waals surface area contributed by atoms with Crippen molar-refractivity contribution in [3.05, 3.63) is 17.8 Å². The van der Waals surface area contributed by atoms with Crippen molar-refractivity contribution in [3.8, 4) is 0 Å². The summed E-state index contributed by atoms with van der Waals surface area (Å²) >= 11 is 0. The second-order valence-electron chi connectivity index (χ2n) is 4.38. The van der Waals surface area contributed by atoms with E-state index >= 15 is 0 Å². The van der Waals surface area contributed by atoms with E-state index in [1.807, 2.05) is 7.05 Å². The Bertz CT molecular complexity index is 467. The number of nitrogens with one attached hydrogen (secondary N) is 1. The number of nitrogens with zero attached hydrogens (tertiary/aromatic N) is 1. The molecule has 0 spiro atoms. The van der Waals surface area contributed by atoms with E-state index in [0.717, 1.165) is 31.5 Å². The van der Waals surface area contributed by atoms with E-state index < -0.39 is 15.1 Å². The van der Waals surface area contributed by atoms with Gasteiger partial charge in [-0.15, -0.1) is 0 Å². The summed E-state index contributed by atoms with van der Waals surface area (Å²) in [7, 11) is -1.19. The van der Waals surface area contributed by atoms with Crippen LogP contribution in [0.25, 0.3) is 0 Å². The van der Waals surface area contributed by atoms with Gasteiger partial charge in [-0.2, -0.15) is 0 Å². The lowest BCUT2D eigenvalue weighted by atomic mass is 10.2. The van der Waals surface area contributed by atoms with Gasteiger partial charge in [0.25, 0.3) is 0 Å². The van der Waals surface area contributed by atoms with Gasteiger partial charge in [0.05, 0.1) is 11.4 Å². The van der Waals surface area contributed by atoms with E-state index in [0.29, 0.717) is 12.3 Å². The van der Waals surface area contributed by atoms with Crippen LogP contribution in [-0.2, 0) is 16.3 Å². The van der Waals surface area contributed by atoms with Gasteiger partial charge in [-0.05, 0) is 19.9 Å². The number of rotatable bonds is 4. The molecule has 1 aromatic heterocycles. The lowest BCUT2D eigenvalue weighted by molar-refractivity contribution is 0.452. The monoisotopic (exact) mass is 258 g/mol. The number of likely N-dealkylation sites (N-methyl/N-ethyl adjacent to an activating group) is 1. The first-order valence-corrected chi connectivity index (χ1v) is 7.65. The maximum atomic E-state index is 11.9. The fourth-order valence-corrected chi connectivity index (χ4v) is 3.90. The van der Waals surface area contributed by atoms with Crippen LogP contribution in [0.3, 0.4) is 0 Å². The molecule has 1 aromatic rings. The van der Waals surface area contributed by atoms with Crippen LogP contribution in [0, 0.1) is 0 Å². The third-order valence-electron chi connectivity index (χ3n) is 3.05. The smallest absolute Gasteiger partial charge is 0.212 e. The Morgan fingerprint density at radius 3 is 3.06 bits per heavy atom. The summed E-state index contributed by atoms with van der Waals surface area (Å²) in [5.41, 5.74) is 0.815. The van der Waals surface area contributed by atoms with Crippen LogP contribution in [0.4, 0.5) is 0 Å². The predicted molar refractivity (Wildman–Crippen MR) is 64.5 cm³/mol. The van der Waals surface area contributed by atoms with Gasteiger partial charge in [0.15, 0.2) is 9.84 Å². The van der Waals surface area contributed by atoms with Gasteiger partial charge >= 0.3 is 0 Å². The molecule has 2 rings (SSSR count). The molecule has 5 nitrogen and oxygen atoms in total. The molecule has 0 radical (unpaired) electrons. The topological polar surface area (TPSA) is 72.2 Å². The van der Waals surface area contributed by atoms with Crippen molar-refractivity contribution in [2.75, 3.05) is 19.3 Å². The number of oxazole rings is 1. The highest BCUT2D eigenvalue weighted by molar-refractivity contribution is 7.91. The van der Waals surface area contributed by atoms with Crippen molar-refractivity contribution in [2.24, 2.45) is 0 Å². The second kappa shape index (κ2) is 5.18. The largest absolute Gasteiger partial charge is 0.447 e. The molecule has 1 fully saturated rings. The highest BCUT2D eigenvalue weighted by atomic mass is 32.2. The Morgan fingerprint density at radius 1 is 1.53 bits per heavy atom. The Morgan fingerprint density at radius 2 is 2.35 bits per heavy atom. The summed E-state index contributed by atoms with van der Waals surface area (Å²) < 4.78 is 29.1. The summed E-state index contributed by atoms with van der Waals surface area (Å²) in [4.78, 5) is 4.28. The molecule has 1 atom stereocenters. The molecule has 1 unspecified atom stereocenters. The highest BCUT2D eigenvalue weighted by Gasteiger charge is 2.33. The first-order chi connectivity index (χ1) is 8.13. The van der Waals surface area contributed by atoms with Gasteiger partial charge in [-0.25, -0.2) is 13.4 Å². The van der Waals surface area contributed by atoms with E-state index in [9.17, 15) is 8.42 Å². The average Bonchev–Trinajstić information content (AvgIpc) is 2.74. The normalized spacial score (nSPS) is 23.7. The van der Waals surface area contributed by atoms with Gasteiger partial charge in [-0.3, -0.25) is 0 Å². The highest BCUT2D eigenvalue weighted by Crippen LogP contribution is 2.32. The zero-order chi connectivity index (χ0) is 12.3. The third-order valence-corrected chi connectivity index (χ3v) is 5.22. The molecule has 0 aromatic carbocycles.